The van der Waals surface area contributed by atoms with Gasteiger partial charge in [0.15, 0.2) is 5.96 Å². The van der Waals surface area contributed by atoms with E-state index in [0.717, 1.165) is 31.4 Å². The van der Waals surface area contributed by atoms with Crippen molar-refractivity contribution in [3.05, 3.63) is 35.4 Å². The van der Waals surface area contributed by atoms with E-state index in [0.29, 0.717) is 24.1 Å². The van der Waals surface area contributed by atoms with E-state index in [-0.39, 0.29) is 18.4 Å². The molecule has 0 aromatic heterocycles. The van der Waals surface area contributed by atoms with Gasteiger partial charge in [-0.15, -0.1) is 0 Å². The van der Waals surface area contributed by atoms with Gasteiger partial charge in [0, 0.05) is 38.8 Å². The van der Waals surface area contributed by atoms with Crippen molar-refractivity contribution in [3.8, 4) is 0 Å². The molecule has 1 aromatic rings. The number of rotatable bonds is 8. The molecule has 1 aliphatic rings. The molecule has 7 nitrogen and oxygen atoms in total. The van der Waals surface area contributed by atoms with Crippen LogP contribution in [0.5, 0.6) is 0 Å². The molecule has 0 aliphatic heterocycles. The Morgan fingerprint density at radius 2 is 2.00 bits per heavy atom. The zero-order valence-corrected chi connectivity index (χ0v) is 15.8. The lowest BCUT2D eigenvalue weighted by molar-refractivity contribution is -0.119. The van der Waals surface area contributed by atoms with Crippen molar-refractivity contribution >= 4 is 17.8 Å². The third-order valence-electron chi connectivity index (χ3n) is 3.95. The Balaban J connectivity index is 1.83. The van der Waals surface area contributed by atoms with Crippen LogP contribution in [0.1, 0.15) is 35.7 Å². The van der Waals surface area contributed by atoms with Crippen LogP contribution >= 0.6 is 0 Å². The molecular weight excluding hydrogens is 330 g/mol. The van der Waals surface area contributed by atoms with Gasteiger partial charge in [0.1, 0.15) is 6.54 Å². The lowest BCUT2D eigenvalue weighted by Gasteiger charge is -2.13. The van der Waals surface area contributed by atoms with Gasteiger partial charge < -0.3 is 20.9 Å². The zero-order chi connectivity index (χ0) is 18.9. The summed E-state index contributed by atoms with van der Waals surface area (Å²) >= 11 is 0. The Morgan fingerprint density at radius 1 is 1.23 bits per heavy atom. The maximum atomic E-state index is 12.0. The molecule has 0 saturated heterocycles. The summed E-state index contributed by atoms with van der Waals surface area (Å²) < 4.78 is 0. The van der Waals surface area contributed by atoms with Crippen LogP contribution in [0, 0.1) is 0 Å². The highest BCUT2D eigenvalue weighted by atomic mass is 16.2. The van der Waals surface area contributed by atoms with Crippen molar-refractivity contribution < 1.29 is 9.59 Å². The number of hydrogen-bond donors (Lipinski definition) is 3. The molecule has 1 fully saturated rings. The van der Waals surface area contributed by atoms with Gasteiger partial charge in [-0.2, -0.15) is 0 Å². The van der Waals surface area contributed by atoms with Gasteiger partial charge in [0.05, 0.1) is 0 Å². The Bertz CT molecular complexity index is 653. The van der Waals surface area contributed by atoms with E-state index in [9.17, 15) is 9.59 Å². The molecule has 1 aromatic carbocycles. The van der Waals surface area contributed by atoms with Gasteiger partial charge in [-0.1, -0.05) is 12.1 Å². The number of aliphatic imine (C=N–C) groups is 1. The van der Waals surface area contributed by atoms with Crippen LogP contribution in [-0.4, -0.2) is 62.4 Å². The summed E-state index contributed by atoms with van der Waals surface area (Å²) in [4.78, 5) is 29.7. The fraction of sp³-hybridized carbons (Fsp3) is 0.526. The molecule has 2 amide bonds. The third-order valence-corrected chi connectivity index (χ3v) is 3.95. The number of carbonyl (C=O) groups is 2. The van der Waals surface area contributed by atoms with Gasteiger partial charge in [-0.25, -0.2) is 4.99 Å². The Hall–Kier alpha value is -2.57. The minimum atomic E-state index is -0.0420. The number of amides is 2. The third kappa shape index (κ3) is 6.74. The summed E-state index contributed by atoms with van der Waals surface area (Å²) in [5.74, 6) is 0.579. The van der Waals surface area contributed by atoms with Crippen molar-refractivity contribution in [3.63, 3.8) is 0 Å². The van der Waals surface area contributed by atoms with Crippen LogP contribution in [0.15, 0.2) is 29.3 Å². The highest BCUT2D eigenvalue weighted by molar-refractivity contribution is 5.94. The smallest absolute Gasteiger partial charge is 0.253 e. The maximum Gasteiger partial charge on any atom is 0.253 e. The van der Waals surface area contributed by atoms with Crippen molar-refractivity contribution in [2.24, 2.45) is 4.99 Å². The first-order valence-electron chi connectivity index (χ1n) is 9.11. The first-order chi connectivity index (χ1) is 12.5. The van der Waals surface area contributed by atoms with E-state index in [4.69, 9.17) is 0 Å². The second-order valence-electron chi connectivity index (χ2n) is 6.61. The normalized spacial score (nSPS) is 13.9. The minimum Gasteiger partial charge on any atom is -0.357 e. The molecule has 7 heteroatoms. The number of guanidine groups is 1. The average molecular weight is 359 g/mol. The Labute approximate surface area is 155 Å². The fourth-order valence-electron chi connectivity index (χ4n) is 2.44. The molecule has 2 rings (SSSR count). The van der Waals surface area contributed by atoms with E-state index in [1.165, 1.54) is 0 Å². The van der Waals surface area contributed by atoms with Gasteiger partial charge in [-0.05, 0) is 43.9 Å². The number of nitrogens with zero attached hydrogens (tertiary/aromatic N) is 2. The molecule has 0 unspecified atom stereocenters. The maximum absolute atomic E-state index is 12.0. The number of hydrogen-bond acceptors (Lipinski definition) is 3. The lowest BCUT2D eigenvalue weighted by atomic mass is 10.1. The predicted molar refractivity (Wildman–Crippen MR) is 103 cm³/mol. The highest BCUT2D eigenvalue weighted by Gasteiger charge is 2.22. The van der Waals surface area contributed by atoms with Crippen molar-refractivity contribution in [1.29, 1.82) is 0 Å². The van der Waals surface area contributed by atoms with Crippen LogP contribution in [-0.2, 0) is 11.2 Å². The molecular formula is C19H29N5O2. The number of benzene rings is 1. The number of nitrogens with one attached hydrogen (secondary N) is 3. The summed E-state index contributed by atoms with van der Waals surface area (Å²) in [6.07, 6.45) is 2.90. The van der Waals surface area contributed by atoms with Crippen LogP contribution in [0.2, 0.25) is 0 Å². The fourth-order valence-corrected chi connectivity index (χ4v) is 2.44. The Morgan fingerprint density at radius 3 is 2.65 bits per heavy atom. The van der Waals surface area contributed by atoms with E-state index in [1.807, 2.05) is 31.2 Å². The minimum absolute atomic E-state index is 0.00335. The zero-order valence-electron chi connectivity index (χ0n) is 15.8. The SMILES string of the molecule is CCNC(=NCC(=O)NC1CC1)NCCc1cccc(C(=O)N(C)C)c1. The number of carbonyl (C=O) groups excluding carboxylic acids is 2. The van der Waals surface area contributed by atoms with E-state index in [1.54, 1.807) is 19.0 Å². The van der Waals surface area contributed by atoms with Crippen LogP contribution < -0.4 is 16.0 Å². The van der Waals surface area contributed by atoms with Gasteiger partial charge in [-0.3, -0.25) is 9.59 Å². The van der Waals surface area contributed by atoms with E-state index in [2.05, 4.69) is 20.9 Å². The predicted octanol–water partition coefficient (Wildman–Crippen LogP) is 0.765. The van der Waals surface area contributed by atoms with Crippen LogP contribution in [0.3, 0.4) is 0 Å². The summed E-state index contributed by atoms with van der Waals surface area (Å²) in [5, 5.41) is 9.29. The van der Waals surface area contributed by atoms with E-state index >= 15 is 0 Å². The molecule has 3 N–H and O–H groups in total. The molecule has 0 spiro atoms. The first-order valence-corrected chi connectivity index (χ1v) is 9.11. The van der Waals surface area contributed by atoms with Crippen LogP contribution in [0.25, 0.3) is 0 Å². The summed E-state index contributed by atoms with van der Waals surface area (Å²) in [6.45, 7) is 3.50. The first kappa shape index (κ1) is 19.8. The van der Waals surface area contributed by atoms with Crippen LogP contribution in [0.4, 0.5) is 0 Å². The monoisotopic (exact) mass is 359 g/mol. The van der Waals surface area contributed by atoms with Gasteiger partial charge in [0.25, 0.3) is 5.91 Å². The quantitative estimate of drug-likeness (QED) is 0.473. The molecule has 0 radical (unpaired) electrons. The molecule has 0 atom stereocenters. The average Bonchev–Trinajstić information content (AvgIpc) is 3.43. The lowest BCUT2D eigenvalue weighted by Crippen LogP contribution is -2.39. The largest absolute Gasteiger partial charge is 0.357 e. The molecule has 142 valence electrons. The van der Waals surface area contributed by atoms with Gasteiger partial charge >= 0.3 is 0 Å². The van der Waals surface area contributed by atoms with E-state index < -0.39 is 0 Å². The standard InChI is InChI=1S/C19H29N5O2/c1-4-20-19(22-13-17(25)23-16-8-9-16)21-11-10-14-6-5-7-15(12-14)18(26)24(2)3/h5-7,12,16H,4,8-11,13H2,1-3H3,(H,23,25)(H2,20,21,22). The second-order valence-corrected chi connectivity index (χ2v) is 6.61. The van der Waals surface area contributed by atoms with Crippen molar-refractivity contribution in [1.82, 2.24) is 20.9 Å². The molecule has 0 heterocycles. The Kier molecular flexibility index (Phi) is 7.44. The molecule has 1 saturated carbocycles. The summed E-state index contributed by atoms with van der Waals surface area (Å²) in [5.41, 5.74) is 1.76. The second kappa shape index (κ2) is 9.79. The topological polar surface area (TPSA) is 85.8 Å². The van der Waals surface area contributed by atoms with Crippen molar-refractivity contribution in [2.75, 3.05) is 33.7 Å². The molecule has 1 aliphatic carbocycles. The highest BCUT2D eigenvalue weighted by Crippen LogP contribution is 2.18. The summed E-state index contributed by atoms with van der Waals surface area (Å²) in [6, 6.07) is 7.99. The summed E-state index contributed by atoms with van der Waals surface area (Å²) in [7, 11) is 3.49. The molecule has 0 bridgehead atoms. The molecule has 26 heavy (non-hydrogen) atoms. The van der Waals surface area contributed by atoms with Gasteiger partial charge in [0.2, 0.25) is 5.91 Å². The van der Waals surface area contributed by atoms with Crippen molar-refractivity contribution in [2.45, 2.75) is 32.2 Å².